The zero-order chi connectivity index (χ0) is 90.4. The number of hydrogen-bond acceptors (Lipinski definition) is 30. The van der Waals surface area contributed by atoms with E-state index in [1.54, 1.807) is 0 Å². The van der Waals surface area contributed by atoms with Crippen LogP contribution in [0.15, 0.2) is 78.4 Å². The number of ketones is 2. The number of Topliss-reactive ketones (excluding diaryl/α,β-unsaturated/α-hetero) is 1. The first-order valence-electron chi connectivity index (χ1n) is 41.0. The molecule has 0 spiro atoms. The fourth-order valence-electron chi connectivity index (χ4n) is 15.2. The fourth-order valence-corrected chi connectivity index (χ4v) is 17.2. The molecule has 0 bridgehead atoms. The summed E-state index contributed by atoms with van der Waals surface area (Å²) in [7, 11) is -11.4. The van der Waals surface area contributed by atoms with E-state index in [0.717, 1.165) is 60.6 Å². The lowest BCUT2D eigenvalue weighted by atomic mass is 9.47. The number of amides is 7. The first kappa shape index (κ1) is 102. The molecule has 8 rings (SSSR count). The van der Waals surface area contributed by atoms with Crippen LogP contribution in [-0.2, 0) is 138 Å². The molecule has 696 valence electrons. The van der Waals surface area contributed by atoms with Gasteiger partial charge in [0.2, 0.25) is 23.6 Å². The topological polar surface area (TPSA) is 534 Å². The number of benzene rings is 2. The Hall–Kier alpha value is -8.08. The summed E-state index contributed by atoms with van der Waals surface area (Å²) in [6.07, 6.45) is -0.932. The van der Waals surface area contributed by atoms with Crippen LogP contribution in [0.5, 0.6) is 0 Å². The Morgan fingerprint density at radius 2 is 1.13 bits per heavy atom. The van der Waals surface area contributed by atoms with E-state index in [-0.39, 0.29) is 106 Å². The van der Waals surface area contributed by atoms with Gasteiger partial charge in [-0.15, -0.1) is 0 Å². The van der Waals surface area contributed by atoms with Crippen molar-refractivity contribution in [2.24, 2.45) is 23.2 Å². The van der Waals surface area contributed by atoms with E-state index in [9.17, 15) is 81.2 Å². The average molecular weight is 1820 g/mol. The summed E-state index contributed by atoms with van der Waals surface area (Å²) in [4.78, 5) is 160. The lowest BCUT2D eigenvalue weighted by Crippen LogP contribution is -2.68. The molecular weight excluding hydrogens is 1710 g/mol. The molecule has 2 aromatic rings. The van der Waals surface area contributed by atoms with Crippen LogP contribution in [0, 0.1) is 29.0 Å². The molecule has 2 aliphatic heterocycles. The van der Waals surface area contributed by atoms with Gasteiger partial charge in [0.1, 0.15) is 24.6 Å². The number of anilines is 1. The Morgan fingerprint density at radius 1 is 0.592 bits per heavy atom. The highest BCUT2D eigenvalue weighted by molar-refractivity contribution is 7.61. The Bertz CT molecular complexity index is 4130. The minimum Gasteiger partial charge on any atom is -0.481 e. The number of fused-ring (bicyclic) bond motifs is 7. The predicted molar refractivity (Wildman–Crippen MR) is 427 cm³/mol. The first-order chi connectivity index (χ1) is 59.9. The number of nitrogens with zero attached hydrogens (tertiary/aromatic N) is 1. The molecule has 0 radical (unpaired) electrons. The van der Waals surface area contributed by atoms with Crippen molar-refractivity contribution in [3.8, 4) is 0 Å². The molecule has 3 saturated carbocycles. The number of aliphatic hydroxyl groups excluding tert-OH is 1. The predicted octanol–water partition coefficient (Wildman–Crippen LogP) is 2.65. The third-order valence-electron chi connectivity index (χ3n) is 21.1. The molecule has 4 aliphatic carbocycles. The second kappa shape index (κ2) is 51.8. The molecule has 6 aliphatic rings. The number of aliphatic hydroxyl groups is 1. The number of hydrogen-bond donors (Lipinski definition) is 10. The van der Waals surface area contributed by atoms with Crippen LogP contribution in [0.1, 0.15) is 98.9 Å². The van der Waals surface area contributed by atoms with E-state index in [2.05, 4.69) is 30.9 Å². The minimum absolute atomic E-state index is 0.0274. The summed E-state index contributed by atoms with van der Waals surface area (Å²) >= 11 is 0. The number of phosphoric acid groups is 2. The van der Waals surface area contributed by atoms with Crippen molar-refractivity contribution >= 4 is 86.2 Å². The number of carbonyl (C=O) groups is 11. The number of halogens is 3. The molecule has 2 aromatic carbocycles. The van der Waals surface area contributed by atoms with Gasteiger partial charge in [-0.25, -0.2) is 32.0 Å². The number of carboxylic acids is 2. The quantitative estimate of drug-likeness (QED) is 0.0258. The van der Waals surface area contributed by atoms with E-state index in [1.807, 2.05) is 0 Å². The number of carbonyl (C=O) groups excluding carboxylic acids is 9. The van der Waals surface area contributed by atoms with Gasteiger partial charge in [0, 0.05) is 86.1 Å². The van der Waals surface area contributed by atoms with Gasteiger partial charge >= 0.3 is 27.6 Å². The highest BCUT2D eigenvalue weighted by Crippen LogP contribution is 2.69. The molecule has 10 N–H and O–H groups in total. The molecule has 40 nitrogen and oxygen atoms in total. The number of alkyl halides is 2. The Morgan fingerprint density at radius 3 is 1.70 bits per heavy atom. The number of aliphatic carboxylic acids is 2. The van der Waals surface area contributed by atoms with Crippen molar-refractivity contribution in [3.63, 3.8) is 0 Å². The summed E-state index contributed by atoms with van der Waals surface area (Å²) in [5.74, 6) is -13.3. The van der Waals surface area contributed by atoms with Gasteiger partial charge in [0.05, 0.1) is 170 Å². The van der Waals surface area contributed by atoms with Crippen LogP contribution < -0.4 is 31.5 Å². The molecule has 0 aromatic heterocycles. The van der Waals surface area contributed by atoms with Crippen LogP contribution in [0.25, 0.3) is 0 Å². The third-order valence-corrected chi connectivity index (χ3v) is 23.8. The third kappa shape index (κ3) is 31.7. The SMILES string of the molecule is C[C@]12C=CC(=O)C=C1[C@@H](F)C[C@H]1[C@@H]3C[C@H]4O[C@@H](c5cccc(F)c5)O[C@@]4(C(=O)COP(=O)(O)OP(=O)(O)OCCNC(=O)CCc4ccc(N5C(=O)C=CC5=O)cc4C(=O)NCC(=O)NCC(=O)NCCOCCOCCOCCOCCOCCOCCOCCOCCCCCOCCOCCOCCC(=O)N[C@@H](CCC(=O)O)C(=O)O)C3C[C@H](O)[C@@]12F. The molecular formula is C80H111F3N6O34P2. The summed E-state index contributed by atoms with van der Waals surface area (Å²) in [6.45, 7) is 5.42. The van der Waals surface area contributed by atoms with Crippen molar-refractivity contribution < 1.29 is 175 Å². The Balaban J connectivity index is 0.601. The van der Waals surface area contributed by atoms with Crippen LogP contribution in [0.4, 0.5) is 18.9 Å². The Labute approximate surface area is 718 Å². The van der Waals surface area contributed by atoms with Crippen LogP contribution in [0.3, 0.4) is 0 Å². The maximum atomic E-state index is 17.9. The lowest BCUT2D eigenvalue weighted by molar-refractivity contribution is -0.208. The molecule has 7 amide bonds. The molecule has 45 heteroatoms. The second-order valence-corrected chi connectivity index (χ2v) is 32.7. The lowest BCUT2D eigenvalue weighted by Gasteiger charge is -2.60. The molecule has 13 atom stereocenters. The number of carboxylic acid groups (broad SMARTS) is 2. The van der Waals surface area contributed by atoms with Gasteiger partial charge < -0.3 is 113 Å². The Kier molecular flexibility index (Phi) is 42.4. The van der Waals surface area contributed by atoms with E-state index in [0.29, 0.717) is 112 Å². The number of nitrogens with one attached hydrogen (secondary N) is 5. The maximum Gasteiger partial charge on any atom is 0.481 e. The van der Waals surface area contributed by atoms with Crippen molar-refractivity contribution in [1.82, 2.24) is 26.6 Å². The summed E-state index contributed by atoms with van der Waals surface area (Å²) in [6, 6.07) is 7.56. The highest BCUT2D eigenvalue weighted by Gasteiger charge is 2.76. The molecule has 125 heavy (non-hydrogen) atoms. The van der Waals surface area contributed by atoms with Crippen LogP contribution in [-0.4, -0.2) is 310 Å². The van der Waals surface area contributed by atoms with Crippen molar-refractivity contribution in [3.05, 3.63) is 101 Å². The van der Waals surface area contributed by atoms with E-state index in [1.165, 1.54) is 43.3 Å². The fraction of sp³-hybridized carbons (Fsp3) is 0.637. The first-order valence-corrected chi connectivity index (χ1v) is 44.0. The summed E-state index contributed by atoms with van der Waals surface area (Å²) in [5, 5.41) is 41.7. The molecule has 1 saturated heterocycles. The average Bonchev–Trinajstić information content (AvgIpc) is 1.56. The van der Waals surface area contributed by atoms with Crippen LogP contribution in [0.2, 0.25) is 0 Å². The van der Waals surface area contributed by atoms with Crippen molar-refractivity contribution in [1.29, 1.82) is 0 Å². The van der Waals surface area contributed by atoms with Gasteiger partial charge in [-0.3, -0.25) is 57.0 Å². The molecule has 4 fully saturated rings. The van der Waals surface area contributed by atoms with Gasteiger partial charge in [-0.1, -0.05) is 24.3 Å². The minimum atomic E-state index is -5.77. The van der Waals surface area contributed by atoms with Gasteiger partial charge in [0.25, 0.3) is 17.7 Å². The number of ether oxygens (including phenoxy) is 13. The number of allylic oxidation sites excluding steroid dienone is 4. The number of rotatable bonds is 64. The van der Waals surface area contributed by atoms with Crippen molar-refractivity contribution in [2.45, 2.75) is 120 Å². The number of aryl methyl sites for hydroxylation is 1. The van der Waals surface area contributed by atoms with E-state index < -0.39 is 197 Å². The zero-order valence-electron chi connectivity index (χ0n) is 69.2. The largest absolute Gasteiger partial charge is 0.481 e. The van der Waals surface area contributed by atoms with E-state index in [4.69, 9.17) is 80.8 Å². The highest BCUT2D eigenvalue weighted by atomic mass is 31.3. The number of phosphoric ester groups is 2. The maximum absolute atomic E-state index is 17.9. The van der Waals surface area contributed by atoms with Gasteiger partial charge in [0.15, 0.2) is 29.1 Å². The molecule has 2 heterocycles. The normalized spacial score (nSPS) is 23.5. The second-order valence-electron chi connectivity index (χ2n) is 29.6. The number of imide groups is 1. The smallest absolute Gasteiger partial charge is 0.481 e. The standard InChI is InChI=1S/C80H111F3N6O34P2/c1-78-18-16-57(90)46-62(78)63(82)48-61-59-47-67-79(60(59)49-65(91)80(61,78)83,122-77(121-67)54-6-5-7-55(81)44-54)66(92)52-120-125(106,107)123-124(104,105)119-25-20-84-68(93)12-9-53-8-10-56(89-72(97)13-14-73(89)98)45-58(53)75(101)87-51-71(96)86-50-70(95)85-19-24-111-29-33-114-35-37-116-39-41-118-43-42-117-40-38-115-36-34-113-31-27-109-22-4-2-3-21-108-26-30-112-32-28-110-23-17-69(94)88-64(76(102)103)11-15-74(99)100/h5-8,10,13-14,16,18,44-46,59-61,63-65,67,77,91H,2-4,9,11-12,15,17,19-43,47-52H2,1H3,(H,84,93)(H,85,95)(H,86,96)(H,87,101)(H,88,94)(H,99,100)(H,102,103)(H,104,105)(H,106,107)/t59-,60?,61+,63+,64+,65+,67-,77-,78+,79-,80+/m1/s1. The summed E-state index contributed by atoms with van der Waals surface area (Å²) in [5.41, 5.74) is -6.68. The van der Waals surface area contributed by atoms with Gasteiger partial charge in [-0.05, 0) is 112 Å². The molecule has 3 unspecified atom stereocenters. The zero-order valence-corrected chi connectivity index (χ0v) is 71.0. The van der Waals surface area contributed by atoms with Gasteiger partial charge in [-0.2, -0.15) is 4.31 Å². The monoisotopic (exact) mass is 1820 g/mol. The van der Waals surface area contributed by atoms with Crippen molar-refractivity contribution in [2.75, 3.05) is 190 Å². The summed E-state index contributed by atoms with van der Waals surface area (Å²) < 4.78 is 162. The number of unbranched alkanes of at least 4 members (excludes halogenated alkanes) is 2. The van der Waals surface area contributed by atoms with Crippen LogP contribution >= 0.6 is 15.6 Å². The van der Waals surface area contributed by atoms with E-state index >= 15 is 8.78 Å².